The van der Waals surface area contributed by atoms with E-state index in [1.54, 1.807) is 0 Å². The lowest BCUT2D eigenvalue weighted by atomic mass is 9.75. The van der Waals surface area contributed by atoms with E-state index >= 15 is 0 Å². The Hall–Kier alpha value is -7.06. The maximum Gasteiger partial charge on any atom is 0.221 e. The molecule has 1 aromatic heterocycles. The average molecular weight is 821 g/mol. The molecule has 8 aromatic rings. The van der Waals surface area contributed by atoms with Gasteiger partial charge in [0.1, 0.15) is 0 Å². The topological polar surface area (TPSA) is 10.4 Å². The number of rotatable bonds is 13. The Morgan fingerprint density at radius 2 is 1.11 bits per heavy atom. The Bertz CT molecular complexity index is 2910. The molecule has 0 spiro atoms. The van der Waals surface area contributed by atoms with Crippen LogP contribution in [-0.4, -0.2) is 0 Å². The van der Waals surface area contributed by atoms with Gasteiger partial charge in [0.25, 0.3) is 0 Å². The third kappa shape index (κ3) is 7.19. The molecule has 0 saturated carbocycles. The van der Waals surface area contributed by atoms with Crippen LogP contribution in [-0.2, 0) is 5.54 Å². The van der Waals surface area contributed by atoms with E-state index in [0.717, 1.165) is 47.0 Å². The molecule has 0 bridgehead atoms. The fourth-order valence-electron chi connectivity index (χ4n) is 9.36. The maximum absolute atomic E-state index is 4.86. The molecule has 0 aliphatic carbocycles. The fourth-order valence-corrected chi connectivity index (χ4v) is 11.7. The summed E-state index contributed by atoms with van der Waals surface area (Å²) < 4.78 is 2.53. The third-order valence-electron chi connectivity index (χ3n) is 12.4. The van der Waals surface area contributed by atoms with Gasteiger partial charge in [-0.05, 0) is 120 Å². The molecule has 62 heavy (non-hydrogen) atoms. The van der Waals surface area contributed by atoms with Crippen molar-refractivity contribution in [3.63, 3.8) is 0 Å². The number of fused-ring (bicyclic) bond motifs is 5. The summed E-state index contributed by atoms with van der Waals surface area (Å²) in [6.45, 7) is 17.7. The van der Waals surface area contributed by atoms with Crippen molar-refractivity contribution < 1.29 is 4.57 Å². The van der Waals surface area contributed by atoms with Crippen LogP contribution >= 0.6 is 7.92 Å². The van der Waals surface area contributed by atoms with Crippen LogP contribution in [0, 0.1) is 0 Å². The lowest BCUT2D eigenvalue weighted by molar-refractivity contribution is -0.740. The van der Waals surface area contributed by atoms with Gasteiger partial charge in [-0.1, -0.05) is 149 Å². The number of hydrogen-bond acceptors (Lipinski definition) is 2. The minimum Gasteiger partial charge on any atom is -0.311 e. The van der Waals surface area contributed by atoms with Crippen LogP contribution < -0.4 is 30.3 Å². The molecule has 7 aromatic carbocycles. The third-order valence-corrected chi connectivity index (χ3v) is 14.8. The van der Waals surface area contributed by atoms with E-state index in [2.05, 4.69) is 236 Å². The molecule has 1 aliphatic rings. The van der Waals surface area contributed by atoms with Gasteiger partial charge in [-0.2, -0.15) is 4.57 Å². The van der Waals surface area contributed by atoms with Gasteiger partial charge >= 0.3 is 0 Å². The number of anilines is 5. The first kappa shape index (κ1) is 40.4. The number of hydrogen-bond donors (Lipinski definition) is 0. The lowest BCUT2D eigenvalue weighted by Gasteiger charge is -2.36. The van der Waals surface area contributed by atoms with E-state index < -0.39 is 7.92 Å². The Balaban J connectivity index is 1.29. The highest BCUT2D eigenvalue weighted by molar-refractivity contribution is 7.79. The number of pyridine rings is 1. The van der Waals surface area contributed by atoms with Gasteiger partial charge in [0.05, 0.1) is 10.9 Å². The maximum atomic E-state index is 4.86. The molecule has 0 fully saturated rings. The summed E-state index contributed by atoms with van der Waals surface area (Å²) in [7, 11) is -1.12. The molecule has 2 heterocycles. The van der Waals surface area contributed by atoms with E-state index in [4.69, 9.17) is 6.58 Å². The molecule has 1 unspecified atom stereocenters. The summed E-state index contributed by atoms with van der Waals surface area (Å²) in [5.41, 5.74) is 11.0. The highest BCUT2D eigenvalue weighted by Gasteiger charge is 2.47. The first-order valence-electron chi connectivity index (χ1n) is 21.5. The number of benzene rings is 7. The largest absolute Gasteiger partial charge is 0.311 e. The van der Waals surface area contributed by atoms with E-state index in [1.165, 1.54) is 49.1 Å². The van der Waals surface area contributed by atoms with Crippen molar-refractivity contribution in [2.75, 3.05) is 9.80 Å². The Morgan fingerprint density at radius 3 is 1.73 bits per heavy atom. The van der Waals surface area contributed by atoms with Gasteiger partial charge in [0.15, 0.2) is 11.7 Å². The van der Waals surface area contributed by atoms with Crippen LogP contribution in [0.15, 0.2) is 238 Å². The zero-order valence-electron chi connectivity index (χ0n) is 35.5. The van der Waals surface area contributed by atoms with Crippen LogP contribution in [0.1, 0.15) is 32.3 Å². The average Bonchev–Trinajstić information content (AvgIpc) is 3.33. The van der Waals surface area contributed by atoms with Gasteiger partial charge < -0.3 is 9.80 Å². The number of para-hydroxylation sites is 3. The molecule has 0 radical (unpaired) electrons. The van der Waals surface area contributed by atoms with Crippen molar-refractivity contribution >= 4 is 68.6 Å². The van der Waals surface area contributed by atoms with Gasteiger partial charge in [0.2, 0.25) is 5.69 Å². The molecule has 9 rings (SSSR count). The molecule has 1 aliphatic heterocycles. The van der Waals surface area contributed by atoms with E-state index in [1.807, 2.05) is 18.2 Å². The second-order valence-corrected chi connectivity index (χ2v) is 17.9. The second-order valence-electron chi connectivity index (χ2n) is 15.7. The van der Waals surface area contributed by atoms with Crippen molar-refractivity contribution in [3.8, 4) is 11.3 Å². The van der Waals surface area contributed by atoms with Crippen LogP contribution in [0.5, 0.6) is 0 Å². The van der Waals surface area contributed by atoms with Crippen LogP contribution in [0.4, 0.5) is 28.4 Å². The van der Waals surface area contributed by atoms with E-state index in [0.29, 0.717) is 0 Å². The van der Waals surface area contributed by atoms with E-state index in [9.17, 15) is 0 Å². The SMILES string of the molecule is C=CC=C(C=C)N(c1ccccc1)c1cccc(P(c2cccc(N(c3ccccc3)c3ccccc3)c2)c2ccc3c(c2)-c2c4ccccc4cc[n+]2C(CC)(CC)C3=C)c1. The van der Waals surface area contributed by atoms with Crippen molar-refractivity contribution in [1.29, 1.82) is 0 Å². The van der Waals surface area contributed by atoms with Crippen molar-refractivity contribution in [1.82, 2.24) is 0 Å². The normalized spacial score (nSPS) is 13.5. The highest BCUT2D eigenvalue weighted by atomic mass is 31.1. The monoisotopic (exact) mass is 820 g/mol. The smallest absolute Gasteiger partial charge is 0.221 e. The molecule has 4 heteroatoms. The zero-order valence-corrected chi connectivity index (χ0v) is 36.4. The fraction of sp³-hybridized carbons (Fsp3) is 0.0862. The zero-order chi connectivity index (χ0) is 42.6. The predicted molar refractivity (Wildman–Crippen MR) is 268 cm³/mol. The van der Waals surface area contributed by atoms with Crippen molar-refractivity contribution in [2.24, 2.45) is 0 Å². The molecule has 0 amide bonds. The minimum atomic E-state index is -1.12. The van der Waals surface area contributed by atoms with Crippen LogP contribution in [0.3, 0.4) is 0 Å². The van der Waals surface area contributed by atoms with Crippen molar-refractivity contribution in [3.05, 3.63) is 243 Å². The molecule has 0 saturated heterocycles. The molecule has 302 valence electrons. The summed E-state index contributed by atoms with van der Waals surface area (Å²) in [4.78, 5) is 4.62. The van der Waals surface area contributed by atoms with Gasteiger partial charge in [0, 0.05) is 58.6 Å². The number of aromatic nitrogens is 1. The van der Waals surface area contributed by atoms with Crippen LogP contribution in [0.2, 0.25) is 0 Å². The number of allylic oxidation sites excluding steroid dienone is 4. The lowest BCUT2D eigenvalue weighted by Crippen LogP contribution is -2.59. The molecular formula is C58H51N3P+. The quantitative estimate of drug-likeness (QED) is 0.0652. The Morgan fingerprint density at radius 1 is 0.565 bits per heavy atom. The number of nitrogens with zero attached hydrogens (tertiary/aromatic N) is 3. The summed E-state index contributed by atoms with van der Waals surface area (Å²) >= 11 is 0. The highest BCUT2D eigenvalue weighted by Crippen LogP contribution is 2.47. The standard InChI is InChI=1S/C58H51N3P/c1-6-23-45(7-2)60(46-25-13-10-14-26-46)49-31-21-33-51(40-49)62(52-34-22-32-50(41-52)61(47-27-15-11-16-28-47)48-29-17-12-18-30-48)53-36-37-54-43(5)58(8-3,9-4)59-39-38-44-24-19-20-35-55(44)57(59)56(54)42-53/h6-7,10-42H,1-2,5,8-9H2,3-4H3/q+1. The van der Waals surface area contributed by atoms with Gasteiger partial charge in [-0.15, -0.1) is 0 Å². The first-order valence-corrected chi connectivity index (χ1v) is 22.8. The summed E-state index contributed by atoms with van der Waals surface area (Å²) in [6.07, 6.45) is 9.95. The molecule has 0 N–H and O–H groups in total. The summed E-state index contributed by atoms with van der Waals surface area (Å²) in [6, 6.07) is 68.3. The van der Waals surface area contributed by atoms with Crippen molar-refractivity contribution in [2.45, 2.75) is 32.2 Å². The second kappa shape index (κ2) is 17.5. The molecular weight excluding hydrogens is 770 g/mol. The van der Waals surface area contributed by atoms with Gasteiger partial charge in [-0.25, -0.2) is 0 Å². The summed E-state index contributed by atoms with van der Waals surface area (Å²) in [5.74, 6) is 0. The van der Waals surface area contributed by atoms with Crippen LogP contribution in [0.25, 0.3) is 27.6 Å². The Kier molecular flexibility index (Phi) is 11.4. The predicted octanol–water partition coefficient (Wildman–Crippen LogP) is 14.0. The van der Waals surface area contributed by atoms with Gasteiger partial charge in [-0.3, -0.25) is 0 Å². The minimum absolute atomic E-state index is 0.220. The molecule has 3 nitrogen and oxygen atoms in total. The Labute approximate surface area is 368 Å². The summed E-state index contributed by atoms with van der Waals surface area (Å²) in [5, 5.41) is 6.25. The van der Waals surface area contributed by atoms with E-state index in [-0.39, 0.29) is 5.54 Å². The molecule has 1 atom stereocenters. The first-order chi connectivity index (χ1) is 30.5.